The van der Waals surface area contributed by atoms with Gasteiger partial charge in [0.25, 0.3) is 0 Å². The van der Waals surface area contributed by atoms with Crippen LogP contribution in [0.15, 0.2) is 48.5 Å². The van der Waals surface area contributed by atoms with Crippen LogP contribution in [0.3, 0.4) is 0 Å². The molecule has 1 N–H and O–H groups in total. The minimum atomic E-state index is 0.0192. The lowest BCUT2D eigenvalue weighted by Gasteiger charge is -2.21. The van der Waals surface area contributed by atoms with E-state index in [0.29, 0.717) is 28.8 Å². The van der Waals surface area contributed by atoms with E-state index in [0.717, 1.165) is 12.2 Å². The second kappa shape index (κ2) is 8.91. The summed E-state index contributed by atoms with van der Waals surface area (Å²) >= 11 is 6.10. The lowest BCUT2D eigenvalue weighted by atomic mass is 9.86. The van der Waals surface area contributed by atoms with Crippen LogP contribution >= 0.6 is 11.6 Å². The van der Waals surface area contributed by atoms with Crippen molar-refractivity contribution in [2.24, 2.45) is 5.92 Å². The molecule has 0 unspecified atom stereocenters. The average Bonchev–Trinajstić information content (AvgIpc) is 2.64. The summed E-state index contributed by atoms with van der Waals surface area (Å²) in [4.78, 5) is 12.4. The van der Waals surface area contributed by atoms with Crippen LogP contribution in [0.2, 0.25) is 5.02 Å². The van der Waals surface area contributed by atoms with Gasteiger partial charge in [0.15, 0.2) is 5.75 Å². The Morgan fingerprint density at radius 3 is 2.60 bits per heavy atom. The molecule has 1 fully saturated rings. The number of anilines is 1. The molecule has 1 aliphatic rings. The number of nitrogens with one attached hydrogen (secondary N) is 1. The Morgan fingerprint density at radius 1 is 1.08 bits per heavy atom. The van der Waals surface area contributed by atoms with Crippen LogP contribution in [0.1, 0.15) is 44.9 Å². The van der Waals surface area contributed by atoms with Crippen molar-refractivity contribution in [3.8, 4) is 11.5 Å². The molecule has 4 heteroatoms. The average molecular weight is 358 g/mol. The molecule has 0 saturated heterocycles. The SMILES string of the molecule is O=C(CCC1CCCCC1)Nc1cc(Cl)ccc1Oc1ccccc1. The highest BCUT2D eigenvalue weighted by Gasteiger charge is 2.16. The van der Waals surface area contributed by atoms with E-state index in [1.54, 1.807) is 18.2 Å². The summed E-state index contributed by atoms with van der Waals surface area (Å²) in [6.07, 6.45) is 7.96. The molecule has 2 aromatic rings. The highest BCUT2D eigenvalue weighted by molar-refractivity contribution is 6.31. The first-order valence-electron chi connectivity index (χ1n) is 9.03. The standard InChI is InChI=1S/C21H24ClNO2/c22-17-12-13-20(25-18-9-5-2-6-10-18)19(15-17)23-21(24)14-11-16-7-3-1-4-8-16/h2,5-6,9-10,12-13,15-16H,1,3-4,7-8,11,14H2,(H,23,24). The molecule has 25 heavy (non-hydrogen) atoms. The molecule has 1 aliphatic carbocycles. The summed E-state index contributed by atoms with van der Waals surface area (Å²) in [5, 5.41) is 3.54. The van der Waals surface area contributed by atoms with Gasteiger partial charge in [-0.1, -0.05) is 61.9 Å². The van der Waals surface area contributed by atoms with Gasteiger partial charge in [0.05, 0.1) is 5.69 Å². The number of hydrogen-bond acceptors (Lipinski definition) is 2. The number of para-hydroxylation sites is 1. The summed E-state index contributed by atoms with van der Waals surface area (Å²) < 4.78 is 5.89. The van der Waals surface area contributed by atoms with Crippen LogP contribution < -0.4 is 10.1 Å². The predicted octanol–water partition coefficient (Wildman–Crippen LogP) is 6.43. The predicted molar refractivity (Wildman–Crippen MR) is 102 cm³/mol. The Morgan fingerprint density at radius 2 is 1.84 bits per heavy atom. The van der Waals surface area contributed by atoms with Crippen LogP contribution in [0.4, 0.5) is 5.69 Å². The number of hydrogen-bond donors (Lipinski definition) is 1. The molecule has 0 aliphatic heterocycles. The largest absolute Gasteiger partial charge is 0.455 e. The summed E-state index contributed by atoms with van der Waals surface area (Å²) in [5.74, 6) is 2.04. The normalized spacial score (nSPS) is 14.9. The Kier molecular flexibility index (Phi) is 6.35. The number of rotatable bonds is 6. The molecule has 0 atom stereocenters. The zero-order valence-corrected chi connectivity index (χ0v) is 15.1. The second-order valence-corrected chi connectivity index (χ2v) is 7.08. The van der Waals surface area contributed by atoms with E-state index in [1.807, 2.05) is 30.3 Å². The van der Waals surface area contributed by atoms with Gasteiger partial charge in [0, 0.05) is 11.4 Å². The smallest absolute Gasteiger partial charge is 0.224 e. The van der Waals surface area contributed by atoms with Crippen LogP contribution in [-0.2, 0) is 4.79 Å². The molecule has 3 rings (SSSR count). The Bertz CT molecular complexity index is 696. The van der Waals surface area contributed by atoms with Crippen molar-refractivity contribution in [1.82, 2.24) is 0 Å². The molecule has 132 valence electrons. The Labute approximate surface area is 154 Å². The maximum atomic E-state index is 12.4. The first-order valence-corrected chi connectivity index (χ1v) is 9.41. The van der Waals surface area contributed by atoms with Gasteiger partial charge < -0.3 is 10.1 Å². The monoisotopic (exact) mass is 357 g/mol. The second-order valence-electron chi connectivity index (χ2n) is 6.65. The van der Waals surface area contributed by atoms with Crippen molar-refractivity contribution in [2.75, 3.05) is 5.32 Å². The van der Waals surface area contributed by atoms with E-state index in [9.17, 15) is 4.79 Å². The van der Waals surface area contributed by atoms with Crippen LogP contribution in [0, 0.1) is 5.92 Å². The molecule has 0 bridgehead atoms. The van der Waals surface area contributed by atoms with Crippen molar-refractivity contribution in [1.29, 1.82) is 0 Å². The van der Waals surface area contributed by atoms with Crippen molar-refractivity contribution >= 4 is 23.2 Å². The molecule has 0 aromatic heterocycles. The third-order valence-electron chi connectivity index (χ3n) is 4.69. The summed E-state index contributed by atoms with van der Waals surface area (Å²) in [7, 11) is 0. The quantitative estimate of drug-likeness (QED) is 0.646. The van der Waals surface area contributed by atoms with Gasteiger partial charge in [0.2, 0.25) is 5.91 Å². The lowest BCUT2D eigenvalue weighted by molar-refractivity contribution is -0.116. The molecule has 0 heterocycles. The zero-order valence-electron chi connectivity index (χ0n) is 14.3. The fourth-order valence-electron chi connectivity index (χ4n) is 3.33. The summed E-state index contributed by atoms with van der Waals surface area (Å²) in [6, 6.07) is 14.8. The molecule has 1 amide bonds. The van der Waals surface area contributed by atoms with Crippen molar-refractivity contribution in [2.45, 2.75) is 44.9 Å². The Hall–Kier alpha value is -2.00. The van der Waals surface area contributed by atoms with Crippen molar-refractivity contribution in [3.63, 3.8) is 0 Å². The fourth-order valence-corrected chi connectivity index (χ4v) is 3.50. The summed E-state index contributed by atoms with van der Waals surface area (Å²) in [6.45, 7) is 0. The van der Waals surface area contributed by atoms with Gasteiger partial charge in [-0.25, -0.2) is 0 Å². The molecular formula is C21H24ClNO2. The van der Waals surface area contributed by atoms with Crippen LogP contribution in [-0.4, -0.2) is 5.91 Å². The molecule has 1 saturated carbocycles. The maximum Gasteiger partial charge on any atom is 0.224 e. The number of carbonyl (C=O) groups excluding carboxylic acids is 1. The molecular weight excluding hydrogens is 334 g/mol. The van der Waals surface area contributed by atoms with E-state index in [1.165, 1.54) is 32.1 Å². The van der Waals surface area contributed by atoms with E-state index in [4.69, 9.17) is 16.3 Å². The minimum Gasteiger partial charge on any atom is -0.455 e. The maximum absolute atomic E-state index is 12.4. The summed E-state index contributed by atoms with van der Waals surface area (Å²) in [5.41, 5.74) is 0.616. The van der Waals surface area contributed by atoms with E-state index in [-0.39, 0.29) is 5.91 Å². The van der Waals surface area contributed by atoms with E-state index >= 15 is 0 Å². The minimum absolute atomic E-state index is 0.0192. The highest BCUT2D eigenvalue weighted by atomic mass is 35.5. The molecule has 2 aromatic carbocycles. The Balaban J connectivity index is 1.62. The van der Waals surface area contributed by atoms with Crippen LogP contribution in [0.5, 0.6) is 11.5 Å². The molecule has 0 radical (unpaired) electrons. The van der Waals surface area contributed by atoms with E-state index < -0.39 is 0 Å². The number of amides is 1. The first-order chi connectivity index (χ1) is 12.2. The molecule has 0 spiro atoms. The third kappa shape index (κ3) is 5.50. The lowest BCUT2D eigenvalue weighted by Crippen LogP contribution is -2.15. The number of benzene rings is 2. The van der Waals surface area contributed by atoms with Crippen LogP contribution in [0.25, 0.3) is 0 Å². The third-order valence-corrected chi connectivity index (χ3v) is 4.93. The van der Waals surface area contributed by atoms with Gasteiger partial charge in [-0.3, -0.25) is 4.79 Å². The number of ether oxygens (including phenoxy) is 1. The first kappa shape index (κ1) is 17.8. The van der Waals surface area contributed by atoms with Crippen molar-refractivity contribution < 1.29 is 9.53 Å². The van der Waals surface area contributed by atoms with Gasteiger partial charge in [-0.2, -0.15) is 0 Å². The van der Waals surface area contributed by atoms with Gasteiger partial charge in [-0.15, -0.1) is 0 Å². The molecule has 3 nitrogen and oxygen atoms in total. The number of halogens is 1. The van der Waals surface area contributed by atoms with Gasteiger partial charge in [0.1, 0.15) is 5.75 Å². The number of carbonyl (C=O) groups is 1. The van der Waals surface area contributed by atoms with Crippen molar-refractivity contribution in [3.05, 3.63) is 53.6 Å². The topological polar surface area (TPSA) is 38.3 Å². The fraction of sp³-hybridized carbons (Fsp3) is 0.381. The van der Waals surface area contributed by atoms with E-state index in [2.05, 4.69) is 5.32 Å². The zero-order chi connectivity index (χ0) is 17.5. The van der Waals surface area contributed by atoms with Gasteiger partial charge in [-0.05, 0) is 42.7 Å². The van der Waals surface area contributed by atoms with Gasteiger partial charge >= 0.3 is 0 Å². The highest BCUT2D eigenvalue weighted by Crippen LogP contribution is 2.32.